The average Bonchev–Trinajstić information content (AvgIpc) is 3.60. The first-order chi connectivity index (χ1) is 17.6. The number of carbonyl (C=O) groups excluding carboxylic acids is 1. The van der Waals surface area contributed by atoms with Crippen LogP contribution in [0.1, 0.15) is 52.0 Å². The first kappa shape index (κ1) is 23.4. The van der Waals surface area contributed by atoms with Gasteiger partial charge in [-0.3, -0.25) is 14.2 Å². The Balaban J connectivity index is 1.46. The molecule has 0 saturated heterocycles. The number of hydrogen-bond donors (Lipinski definition) is 0. The number of carbonyl (C=O) groups is 1. The second-order valence-corrected chi connectivity index (χ2v) is 11.7. The summed E-state index contributed by atoms with van der Waals surface area (Å²) in [6.45, 7) is 0.552. The summed E-state index contributed by atoms with van der Waals surface area (Å²) in [6.07, 6.45) is 6.03. The molecule has 0 bridgehead atoms. The Labute approximate surface area is 219 Å². The van der Waals surface area contributed by atoms with E-state index < -0.39 is 0 Å². The summed E-state index contributed by atoms with van der Waals surface area (Å²) >= 11 is 2.85. The molecule has 1 saturated carbocycles. The predicted octanol–water partition coefficient (Wildman–Crippen LogP) is 6.56. The van der Waals surface area contributed by atoms with Crippen LogP contribution in [-0.4, -0.2) is 21.1 Å². The molecule has 2 aliphatic carbocycles. The van der Waals surface area contributed by atoms with Crippen LogP contribution in [0.25, 0.3) is 11.3 Å². The Morgan fingerprint density at radius 2 is 1.78 bits per heavy atom. The minimum absolute atomic E-state index is 0.0734. The molecule has 0 unspecified atom stereocenters. The van der Waals surface area contributed by atoms with Crippen LogP contribution >= 0.6 is 23.1 Å². The van der Waals surface area contributed by atoms with E-state index in [1.807, 2.05) is 46.3 Å². The molecule has 1 spiro atoms. The molecular weight excluding hydrogens is 484 g/mol. The van der Waals surface area contributed by atoms with Crippen molar-refractivity contribution in [3.8, 4) is 11.3 Å². The lowest BCUT2D eigenvalue weighted by Crippen LogP contribution is -2.40. The van der Waals surface area contributed by atoms with Crippen molar-refractivity contribution < 1.29 is 4.79 Å². The monoisotopic (exact) mass is 512 g/mol. The number of rotatable bonds is 7. The number of nitrogens with zero attached hydrogens (tertiary/aromatic N) is 2. The largest absolute Gasteiger partial charge is 0.292 e. The van der Waals surface area contributed by atoms with Crippen molar-refractivity contribution in [2.24, 2.45) is 0 Å². The van der Waals surface area contributed by atoms with Crippen molar-refractivity contribution in [1.82, 2.24) is 9.55 Å². The first-order valence-corrected chi connectivity index (χ1v) is 14.5. The lowest BCUT2D eigenvalue weighted by atomic mass is 9.68. The standard InChI is InChI=1S/C30H28N2O2S2/c33-24(25-13-8-18-35-25)20-36-29-31-27-23-12-5-4-11-22(23)19-30(15-6-7-16-30)26(27)28(34)32(29)17-14-21-9-2-1-3-10-21/h1-5,8-13,18H,6-7,14-17,19-20H2. The fraction of sp³-hybridized carbons (Fsp3) is 0.300. The summed E-state index contributed by atoms with van der Waals surface area (Å²) in [5.41, 5.74) is 5.24. The van der Waals surface area contributed by atoms with Gasteiger partial charge in [0.15, 0.2) is 10.9 Å². The second kappa shape index (κ2) is 9.83. The molecule has 0 N–H and O–H groups in total. The van der Waals surface area contributed by atoms with Crippen molar-refractivity contribution in [2.45, 2.75) is 55.6 Å². The lowest BCUT2D eigenvalue weighted by molar-refractivity contribution is 0.102. The molecule has 6 rings (SSSR count). The van der Waals surface area contributed by atoms with Crippen LogP contribution in [-0.2, 0) is 24.8 Å². The highest BCUT2D eigenvalue weighted by molar-refractivity contribution is 7.99. The molecule has 4 nitrogen and oxygen atoms in total. The van der Waals surface area contributed by atoms with Gasteiger partial charge in [0.05, 0.1) is 21.9 Å². The second-order valence-electron chi connectivity index (χ2n) is 9.82. The lowest BCUT2D eigenvalue weighted by Gasteiger charge is -2.36. The zero-order valence-corrected chi connectivity index (χ0v) is 21.7. The summed E-state index contributed by atoms with van der Waals surface area (Å²) in [5, 5.41) is 2.56. The molecule has 2 aromatic carbocycles. The number of benzene rings is 2. The van der Waals surface area contributed by atoms with Gasteiger partial charge in [-0.1, -0.05) is 85.3 Å². The smallest absolute Gasteiger partial charge is 0.258 e. The van der Waals surface area contributed by atoms with Gasteiger partial charge in [-0.2, -0.15) is 0 Å². The summed E-state index contributed by atoms with van der Waals surface area (Å²) in [4.78, 5) is 33.1. The van der Waals surface area contributed by atoms with Crippen molar-refractivity contribution in [1.29, 1.82) is 0 Å². The predicted molar refractivity (Wildman–Crippen MR) is 147 cm³/mol. The van der Waals surface area contributed by atoms with E-state index in [1.165, 1.54) is 34.2 Å². The highest BCUT2D eigenvalue weighted by Gasteiger charge is 2.44. The maximum absolute atomic E-state index is 14.3. The molecule has 1 fully saturated rings. The Kier molecular flexibility index (Phi) is 6.40. The number of hydrogen-bond acceptors (Lipinski definition) is 5. The summed E-state index contributed by atoms with van der Waals surface area (Å²) in [6, 6.07) is 22.4. The first-order valence-electron chi connectivity index (χ1n) is 12.6. The Hall–Kier alpha value is -2.96. The Morgan fingerprint density at radius 3 is 2.56 bits per heavy atom. The van der Waals surface area contributed by atoms with E-state index in [2.05, 4.69) is 30.3 Å². The summed E-state index contributed by atoms with van der Waals surface area (Å²) in [7, 11) is 0. The molecule has 2 heterocycles. The van der Waals surface area contributed by atoms with Crippen LogP contribution < -0.4 is 5.56 Å². The third kappa shape index (κ3) is 4.27. The third-order valence-corrected chi connectivity index (χ3v) is 9.51. The highest BCUT2D eigenvalue weighted by atomic mass is 32.2. The van der Waals surface area contributed by atoms with Gasteiger partial charge in [0.2, 0.25) is 0 Å². The fourth-order valence-corrected chi connectivity index (χ4v) is 7.53. The van der Waals surface area contributed by atoms with Crippen LogP contribution in [0.4, 0.5) is 0 Å². The minimum atomic E-state index is -0.127. The minimum Gasteiger partial charge on any atom is -0.292 e. The number of fused-ring (bicyclic) bond motifs is 4. The van der Waals surface area contributed by atoms with Crippen LogP contribution in [0.3, 0.4) is 0 Å². The maximum atomic E-state index is 14.3. The average molecular weight is 513 g/mol. The number of thioether (sulfide) groups is 1. The molecular formula is C30H28N2O2S2. The van der Waals surface area contributed by atoms with Crippen LogP contribution in [0.2, 0.25) is 0 Å². The number of Topliss-reactive ketones (excluding diaryl/α,β-unsaturated/α-hetero) is 1. The topological polar surface area (TPSA) is 52.0 Å². The van der Waals surface area contributed by atoms with E-state index in [-0.39, 0.29) is 22.5 Å². The van der Waals surface area contributed by atoms with Gasteiger partial charge in [0.1, 0.15) is 0 Å². The van der Waals surface area contributed by atoms with E-state index >= 15 is 0 Å². The number of ketones is 1. The SMILES string of the molecule is O=C(CSc1nc2c(c(=O)n1CCc1ccccc1)C1(CCCC1)Cc1ccccc1-2)c1cccs1. The van der Waals surface area contributed by atoms with Crippen molar-refractivity contribution >= 4 is 28.9 Å². The number of aromatic nitrogens is 2. The summed E-state index contributed by atoms with van der Waals surface area (Å²) < 4.78 is 1.85. The van der Waals surface area contributed by atoms with Gasteiger partial charge in [-0.25, -0.2) is 4.98 Å². The maximum Gasteiger partial charge on any atom is 0.258 e. The molecule has 0 atom stereocenters. The fourth-order valence-electron chi connectivity index (χ4n) is 5.88. The van der Waals surface area contributed by atoms with Crippen molar-refractivity contribution in [3.05, 3.63) is 104 Å². The molecule has 36 heavy (non-hydrogen) atoms. The van der Waals surface area contributed by atoms with Crippen LogP contribution in [0, 0.1) is 0 Å². The van der Waals surface area contributed by atoms with Gasteiger partial charge >= 0.3 is 0 Å². The number of thiophene rings is 1. The Bertz CT molecular complexity index is 1450. The van der Waals surface area contributed by atoms with Crippen LogP contribution in [0.5, 0.6) is 0 Å². The van der Waals surface area contributed by atoms with E-state index in [9.17, 15) is 9.59 Å². The summed E-state index contributed by atoms with van der Waals surface area (Å²) in [5.74, 6) is 0.341. The van der Waals surface area contributed by atoms with Gasteiger partial charge in [-0.15, -0.1) is 11.3 Å². The van der Waals surface area contributed by atoms with E-state index in [0.717, 1.165) is 60.2 Å². The van der Waals surface area contributed by atoms with E-state index in [4.69, 9.17) is 4.98 Å². The van der Waals surface area contributed by atoms with Gasteiger partial charge in [0, 0.05) is 17.5 Å². The molecule has 2 aromatic heterocycles. The molecule has 2 aliphatic rings. The molecule has 0 amide bonds. The Morgan fingerprint density at radius 1 is 1.00 bits per heavy atom. The molecule has 0 radical (unpaired) electrons. The van der Waals surface area contributed by atoms with Crippen molar-refractivity contribution in [3.63, 3.8) is 0 Å². The van der Waals surface area contributed by atoms with Crippen LogP contribution in [0.15, 0.2) is 82.1 Å². The molecule has 0 aliphatic heterocycles. The zero-order chi connectivity index (χ0) is 24.5. The normalized spacial score (nSPS) is 15.6. The highest BCUT2D eigenvalue weighted by Crippen LogP contribution is 2.50. The zero-order valence-electron chi connectivity index (χ0n) is 20.1. The van der Waals surface area contributed by atoms with E-state index in [1.54, 1.807) is 0 Å². The number of aryl methyl sites for hydroxylation is 1. The van der Waals surface area contributed by atoms with Gasteiger partial charge in [0.25, 0.3) is 5.56 Å². The van der Waals surface area contributed by atoms with Crippen molar-refractivity contribution in [2.75, 3.05) is 5.75 Å². The third-order valence-electron chi connectivity index (χ3n) is 7.62. The molecule has 6 heteroatoms. The van der Waals surface area contributed by atoms with Gasteiger partial charge in [-0.05, 0) is 48.3 Å². The molecule has 182 valence electrons. The quantitative estimate of drug-likeness (QED) is 0.160. The van der Waals surface area contributed by atoms with E-state index in [0.29, 0.717) is 11.7 Å². The molecule has 4 aromatic rings. The van der Waals surface area contributed by atoms with Gasteiger partial charge < -0.3 is 0 Å².